The van der Waals surface area contributed by atoms with Crippen LogP contribution < -0.4 is 10.3 Å². The lowest BCUT2D eigenvalue weighted by Gasteiger charge is -2.38. The van der Waals surface area contributed by atoms with Crippen LogP contribution in [0.4, 0.5) is 4.39 Å². The number of benzene rings is 2. The first kappa shape index (κ1) is 27.1. The molecule has 41 heavy (non-hydrogen) atoms. The van der Waals surface area contributed by atoms with Gasteiger partial charge in [0.25, 0.3) is 11.5 Å². The van der Waals surface area contributed by atoms with Crippen molar-refractivity contribution in [2.45, 2.75) is 37.8 Å². The molecule has 10 nitrogen and oxygen atoms in total. The van der Waals surface area contributed by atoms with Gasteiger partial charge in [-0.1, -0.05) is 0 Å². The van der Waals surface area contributed by atoms with Crippen molar-refractivity contribution in [2.24, 2.45) is 5.92 Å². The molecule has 0 radical (unpaired) electrons. The van der Waals surface area contributed by atoms with Crippen LogP contribution in [-0.2, 0) is 11.3 Å². The third kappa shape index (κ3) is 5.86. The van der Waals surface area contributed by atoms with Crippen molar-refractivity contribution < 1.29 is 23.8 Å². The summed E-state index contributed by atoms with van der Waals surface area (Å²) in [7, 11) is 0. The smallest absolute Gasteiger partial charge is 0.264 e. The van der Waals surface area contributed by atoms with Crippen molar-refractivity contribution in [3.63, 3.8) is 0 Å². The molecule has 1 amide bonds. The molecule has 0 aliphatic carbocycles. The third-order valence-corrected chi connectivity index (χ3v) is 8.00. The lowest BCUT2D eigenvalue weighted by molar-refractivity contribution is -0.0299. The number of hydrogen-bond acceptors (Lipinski definition) is 7. The molecule has 0 saturated carbocycles. The number of halogens is 1. The number of hydrogen-bond donors (Lipinski definition) is 1. The van der Waals surface area contributed by atoms with E-state index in [1.54, 1.807) is 9.58 Å². The molecule has 2 aromatic heterocycles. The highest BCUT2D eigenvalue weighted by Crippen LogP contribution is 2.26. The van der Waals surface area contributed by atoms with E-state index in [0.717, 1.165) is 37.5 Å². The average molecular weight is 562 g/mol. The third-order valence-electron chi connectivity index (χ3n) is 8.00. The van der Waals surface area contributed by atoms with E-state index < -0.39 is 11.4 Å². The summed E-state index contributed by atoms with van der Waals surface area (Å²) in [5.74, 6) is 0.656. The second-order valence-electron chi connectivity index (χ2n) is 10.9. The van der Waals surface area contributed by atoms with Crippen LogP contribution in [0.25, 0.3) is 16.7 Å². The van der Waals surface area contributed by atoms with Gasteiger partial charge < -0.3 is 19.5 Å². The zero-order chi connectivity index (χ0) is 28.4. The van der Waals surface area contributed by atoms with E-state index in [-0.39, 0.29) is 18.0 Å². The zero-order valence-electron chi connectivity index (χ0n) is 22.6. The molecule has 2 aliphatic heterocycles. The summed E-state index contributed by atoms with van der Waals surface area (Å²) in [6.07, 6.45) is 5.54. The second-order valence-corrected chi connectivity index (χ2v) is 10.9. The van der Waals surface area contributed by atoms with Crippen LogP contribution in [0, 0.1) is 11.7 Å². The Kier molecular flexibility index (Phi) is 7.55. The van der Waals surface area contributed by atoms with E-state index in [2.05, 4.69) is 10.1 Å². The zero-order valence-corrected chi connectivity index (χ0v) is 22.6. The Labute approximate surface area is 235 Å². The SMILES string of the molecule is O=C(c1ccc(F)cc1)N1CCC(O)(Cn2cnc3c(cnn3-c3ccc(OCC4CCOCC4)cc3)c2=O)CC1. The van der Waals surface area contributed by atoms with Crippen molar-refractivity contribution in [1.82, 2.24) is 24.2 Å². The molecule has 0 unspecified atom stereocenters. The van der Waals surface area contributed by atoms with E-state index >= 15 is 0 Å². The fourth-order valence-electron chi connectivity index (χ4n) is 5.44. The van der Waals surface area contributed by atoms with Gasteiger partial charge in [-0.2, -0.15) is 5.10 Å². The second kappa shape index (κ2) is 11.4. The van der Waals surface area contributed by atoms with E-state index in [0.29, 0.717) is 55.1 Å². The molecule has 214 valence electrons. The molecule has 0 bridgehead atoms. The standard InChI is InChI=1S/C30H32FN5O5/c31-23-3-1-22(2-4-23)28(37)34-13-11-30(39,12-14-34)19-35-20-32-27-26(29(35)38)17-33-36(27)24-5-7-25(8-6-24)41-18-21-9-15-40-16-10-21/h1-8,17,20-21,39H,9-16,18-19H2. The van der Waals surface area contributed by atoms with Crippen LogP contribution in [0.5, 0.6) is 5.75 Å². The lowest BCUT2D eigenvalue weighted by atomic mass is 9.91. The summed E-state index contributed by atoms with van der Waals surface area (Å²) < 4.78 is 27.6. The largest absolute Gasteiger partial charge is 0.493 e. The van der Waals surface area contributed by atoms with Gasteiger partial charge in [0, 0.05) is 31.9 Å². The van der Waals surface area contributed by atoms with Crippen molar-refractivity contribution >= 4 is 16.9 Å². The van der Waals surface area contributed by atoms with Gasteiger partial charge >= 0.3 is 0 Å². The van der Waals surface area contributed by atoms with Crippen LogP contribution in [0.15, 0.2) is 65.8 Å². The van der Waals surface area contributed by atoms with Gasteiger partial charge in [0.2, 0.25) is 0 Å². The van der Waals surface area contributed by atoms with E-state index in [4.69, 9.17) is 9.47 Å². The summed E-state index contributed by atoms with van der Waals surface area (Å²) >= 11 is 0. The fourth-order valence-corrected chi connectivity index (χ4v) is 5.44. The Morgan fingerprint density at radius 3 is 2.49 bits per heavy atom. The molecule has 1 N–H and O–H groups in total. The van der Waals surface area contributed by atoms with Gasteiger partial charge in [-0.25, -0.2) is 14.1 Å². The molecule has 2 aromatic carbocycles. The van der Waals surface area contributed by atoms with Gasteiger partial charge in [-0.15, -0.1) is 0 Å². The number of amides is 1. The minimum atomic E-state index is -1.17. The number of piperidine rings is 1. The Morgan fingerprint density at radius 2 is 1.78 bits per heavy atom. The van der Waals surface area contributed by atoms with Crippen LogP contribution in [-0.4, -0.2) is 73.8 Å². The van der Waals surface area contributed by atoms with E-state index in [1.807, 2.05) is 24.3 Å². The molecular formula is C30H32FN5O5. The molecule has 4 aromatic rings. The highest BCUT2D eigenvalue weighted by Gasteiger charge is 2.35. The first-order valence-electron chi connectivity index (χ1n) is 13.9. The van der Waals surface area contributed by atoms with Crippen LogP contribution in [0.1, 0.15) is 36.0 Å². The van der Waals surface area contributed by atoms with Gasteiger partial charge in [0.05, 0.1) is 30.6 Å². The normalized spacial score (nSPS) is 17.6. The number of rotatable bonds is 7. The van der Waals surface area contributed by atoms with Crippen molar-refractivity contribution in [3.8, 4) is 11.4 Å². The van der Waals surface area contributed by atoms with Crippen molar-refractivity contribution in [3.05, 3.63) is 82.8 Å². The summed E-state index contributed by atoms with van der Waals surface area (Å²) in [5.41, 5.74) is 0.108. The molecule has 4 heterocycles. The molecule has 2 fully saturated rings. The Morgan fingerprint density at radius 1 is 1.07 bits per heavy atom. The number of aliphatic hydroxyl groups is 1. The first-order chi connectivity index (χ1) is 19.9. The summed E-state index contributed by atoms with van der Waals surface area (Å²) in [6, 6.07) is 12.9. The monoisotopic (exact) mass is 561 g/mol. The number of likely N-dealkylation sites (tertiary alicyclic amines) is 1. The first-order valence-corrected chi connectivity index (χ1v) is 13.9. The molecule has 6 rings (SSSR count). The number of carbonyl (C=O) groups excluding carboxylic acids is 1. The van der Waals surface area contributed by atoms with Crippen LogP contribution in [0.3, 0.4) is 0 Å². The van der Waals surface area contributed by atoms with Gasteiger partial charge in [0.1, 0.15) is 23.3 Å². The molecule has 2 aliphatic rings. The maximum atomic E-state index is 13.3. The highest BCUT2D eigenvalue weighted by molar-refractivity contribution is 5.94. The maximum absolute atomic E-state index is 13.3. The maximum Gasteiger partial charge on any atom is 0.264 e. The quantitative estimate of drug-likeness (QED) is 0.369. The number of fused-ring (bicyclic) bond motifs is 1. The molecule has 0 spiro atoms. The molecular weight excluding hydrogens is 529 g/mol. The molecule has 0 atom stereocenters. The van der Waals surface area contributed by atoms with Gasteiger partial charge in [-0.3, -0.25) is 14.2 Å². The van der Waals surface area contributed by atoms with Gasteiger partial charge in [0.15, 0.2) is 5.65 Å². The van der Waals surface area contributed by atoms with E-state index in [9.17, 15) is 19.1 Å². The summed E-state index contributed by atoms with van der Waals surface area (Å²) in [5, 5.41) is 16.0. The Hall–Kier alpha value is -4.09. The topological polar surface area (TPSA) is 112 Å². The Bertz CT molecular complexity index is 1570. The average Bonchev–Trinajstić information content (AvgIpc) is 3.44. The Balaban J connectivity index is 1.11. The fraction of sp³-hybridized carbons (Fsp3) is 0.400. The van der Waals surface area contributed by atoms with Crippen molar-refractivity contribution in [2.75, 3.05) is 32.9 Å². The number of ether oxygens (including phenoxy) is 2. The predicted molar refractivity (Wildman–Crippen MR) is 149 cm³/mol. The van der Waals surface area contributed by atoms with Gasteiger partial charge in [-0.05, 0) is 80.1 Å². The lowest BCUT2D eigenvalue weighted by Crippen LogP contribution is -2.49. The van der Waals surface area contributed by atoms with Crippen molar-refractivity contribution in [1.29, 1.82) is 0 Å². The summed E-state index contributed by atoms with van der Waals surface area (Å²) in [4.78, 5) is 32.2. The molecule has 2 saturated heterocycles. The number of carbonyl (C=O) groups is 1. The predicted octanol–water partition coefficient (Wildman–Crippen LogP) is 3.19. The van der Waals surface area contributed by atoms with Crippen LogP contribution >= 0.6 is 0 Å². The van der Waals surface area contributed by atoms with E-state index in [1.165, 1.54) is 41.4 Å². The minimum Gasteiger partial charge on any atom is -0.493 e. The number of aromatic nitrogens is 4. The molecule has 11 heteroatoms. The highest BCUT2D eigenvalue weighted by atomic mass is 19.1. The van der Waals surface area contributed by atoms with Crippen LogP contribution in [0.2, 0.25) is 0 Å². The minimum absolute atomic E-state index is 0.0533. The number of nitrogens with zero attached hydrogens (tertiary/aromatic N) is 5. The summed E-state index contributed by atoms with van der Waals surface area (Å²) in [6.45, 7) is 2.92.